The Balaban J connectivity index is 1.56. The molecule has 1 aromatic carbocycles. The molecule has 13 heteroatoms. The summed E-state index contributed by atoms with van der Waals surface area (Å²) in [5.41, 5.74) is -1.76. The fourth-order valence-electron chi connectivity index (χ4n) is 5.68. The molecule has 0 spiro atoms. The van der Waals surface area contributed by atoms with Crippen LogP contribution in [-0.4, -0.2) is 83.8 Å². The first-order valence-corrected chi connectivity index (χ1v) is 14.4. The van der Waals surface area contributed by atoms with Crippen LogP contribution >= 0.6 is 0 Å². The Kier molecular flexibility index (Phi) is 7.99. The van der Waals surface area contributed by atoms with E-state index in [1.165, 1.54) is 18.1 Å². The lowest BCUT2D eigenvalue weighted by Gasteiger charge is -2.35. The lowest BCUT2D eigenvalue weighted by Crippen LogP contribution is -2.56. The van der Waals surface area contributed by atoms with Crippen LogP contribution in [0.1, 0.15) is 53.2 Å². The van der Waals surface area contributed by atoms with Crippen LogP contribution in [0.25, 0.3) is 11.0 Å². The number of methoxy groups -OCH3 is 1. The van der Waals surface area contributed by atoms with Gasteiger partial charge in [-0.1, -0.05) is 27.7 Å². The number of aromatic nitrogens is 2. The number of nitrogens with zero attached hydrogens (tertiary/aromatic N) is 3. The zero-order chi connectivity index (χ0) is 31.3. The van der Waals surface area contributed by atoms with Crippen molar-refractivity contribution in [2.75, 3.05) is 26.9 Å². The number of carbonyl (C=O) groups excluding carboxylic acids is 3. The first kappa shape index (κ1) is 30.8. The summed E-state index contributed by atoms with van der Waals surface area (Å²) in [6.07, 6.45) is -1.23. The van der Waals surface area contributed by atoms with Crippen LogP contribution in [0.15, 0.2) is 18.2 Å². The number of alkyl halides is 2. The number of fused-ring (bicyclic) bond motifs is 5. The van der Waals surface area contributed by atoms with E-state index in [2.05, 4.69) is 15.3 Å². The number of rotatable bonds is 2. The van der Waals surface area contributed by atoms with Crippen LogP contribution in [0.3, 0.4) is 0 Å². The second-order valence-electron chi connectivity index (χ2n) is 12.9. The molecule has 6 atom stereocenters. The van der Waals surface area contributed by atoms with Crippen molar-refractivity contribution in [3.8, 4) is 11.6 Å². The van der Waals surface area contributed by atoms with Gasteiger partial charge in [0.2, 0.25) is 11.8 Å². The van der Waals surface area contributed by atoms with E-state index in [1.54, 1.807) is 46.8 Å². The van der Waals surface area contributed by atoms with E-state index in [9.17, 15) is 14.4 Å². The molecular weight excluding hydrogens is 566 g/mol. The number of alkyl carbamates (subject to hydrolysis) is 1. The Morgan fingerprint density at radius 2 is 1.93 bits per heavy atom. The van der Waals surface area contributed by atoms with Gasteiger partial charge in [0.15, 0.2) is 5.69 Å². The second kappa shape index (κ2) is 11.1. The summed E-state index contributed by atoms with van der Waals surface area (Å²) in [6.45, 7) is 8.52. The third kappa shape index (κ3) is 6.09. The molecule has 1 aromatic heterocycles. The van der Waals surface area contributed by atoms with Gasteiger partial charge in [0.25, 0.3) is 5.92 Å². The number of aldehydes is 1. The molecule has 0 unspecified atom stereocenters. The SMILES string of the molecule is COc1ccc2nc3c(nc2c1)O[C@H]1CN(C(=O)[C@H](C(C)(C)C)NC(=O)O[C@]2(C)C[C@H]2COCCC3(F)F)[C@H](C=O)[C@@H]1C. The third-order valence-corrected chi connectivity index (χ3v) is 8.67. The monoisotopic (exact) mass is 604 g/mol. The summed E-state index contributed by atoms with van der Waals surface area (Å²) in [7, 11) is 1.47. The Labute approximate surface area is 248 Å². The zero-order valence-electron chi connectivity index (χ0n) is 25.2. The lowest BCUT2D eigenvalue weighted by molar-refractivity contribution is -0.139. The number of halogens is 2. The number of hydrogen-bond donors (Lipinski definition) is 1. The van der Waals surface area contributed by atoms with E-state index in [0.717, 1.165) is 0 Å². The van der Waals surface area contributed by atoms with Crippen LogP contribution in [0.4, 0.5) is 13.6 Å². The molecule has 1 N–H and O–H groups in total. The molecule has 2 amide bonds. The van der Waals surface area contributed by atoms with E-state index < -0.39 is 71.0 Å². The molecule has 1 aliphatic carbocycles. The summed E-state index contributed by atoms with van der Waals surface area (Å²) < 4.78 is 54.2. The highest BCUT2D eigenvalue weighted by molar-refractivity contribution is 5.89. The third-order valence-electron chi connectivity index (χ3n) is 8.67. The largest absolute Gasteiger partial charge is 0.497 e. The molecule has 1 saturated heterocycles. The molecule has 1 saturated carbocycles. The van der Waals surface area contributed by atoms with Gasteiger partial charge in [-0.3, -0.25) is 4.79 Å². The van der Waals surface area contributed by atoms with Crippen molar-refractivity contribution in [3.05, 3.63) is 23.9 Å². The minimum absolute atomic E-state index is 0.0988. The molecule has 2 aliphatic heterocycles. The first-order valence-electron chi connectivity index (χ1n) is 14.4. The standard InChI is InChI=1S/C30H38F2N4O7/c1-16-21(14-37)36-13-22(16)42-25-23(33-19-8-7-18(40-6)11-20(19)34-25)30(31,32)9-10-41-15-17-12-29(17,5)43-27(39)35-24(26(36)38)28(2,3)4/h7-8,11,14,16-17,21-22,24H,9-10,12-13,15H2,1-6H3,(H,35,39)/t16-,17-,21+,22-,24+,29+/m0/s1. The van der Waals surface area contributed by atoms with Crippen LogP contribution in [-0.2, 0) is 25.0 Å². The van der Waals surface area contributed by atoms with Gasteiger partial charge in [-0.2, -0.15) is 8.78 Å². The van der Waals surface area contributed by atoms with Gasteiger partial charge in [-0.25, -0.2) is 14.8 Å². The number of amides is 2. The minimum atomic E-state index is -3.48. The molecule has 2 fully saturated rings. The number of nitrogens with one attached hydrogen (secondary N) is 1. The Bertz CT molecular complexity index is 1420. The molecule has 0 radical (unpaired) electrons. The average molecular weight is 605 g/mol. The summed E-state index contributed by atoms with van der Waals surface area (Å²) in [6, 6.07) is 2.72. The van der Waals surface area contributed by atoms with Gasteiger partial charge in [-0.15, -0.1) is 0 Å². The first-order chi connectivity index (χ1) is 20.2. The molecule has 3 heterocycles. The van der Waals surface area contributed by atoms with Crippen LogP contribution in [0.2, 0.25) is 0 Å². The van der Waals surface area contributed by atoms with E-state index >= 15 is 8.78 Å². The topological polar surface area (TPSA) is 129 Å². The fraction of sp³-hybridized carbons (Fsp3) is 0.633. The average Bonchev–Trinajstić information content (AvgIpc) is 3.46. The quantitative estimate of drug-likeness (QED) is 0.508. The maximum absolute atomic E-state index is 15.8. The van der Waals surface area contributed by atoms with Gasteiger partial charge < -0.3 is 34.0 Å². The van der Waals surface area contributed by atoms with E-state index in [0.29, 0.717) is 18.5 Å². The maximum atomic E-state index is 15.8. The highest BCUT2D eigenvalue weighted by Crippen LogP contribution is 2.47. The molecule has 234 valence electrons. The van der Waals surface area contributed by atoms with Crippen molar-refractivity contribution in [1.29, 1.82) is 0 Å². The van der Waals surface area contributed by atoms with Crippen molar-refractivity contribution in [1.82, 2.24) is 20.2 Å². The lowest BCUT2D eigenvalue weighted by atomic mass is 9.85. The Hall–Kier alpha value is -3.61. The predicted octanol–water partition coefficient (Wildman–Crippen LogP) is 3.86. The van der Waals surface area contributed by atoms with Crippen molar-refractivity contribution >= 4 is 29.3 Å². The van der Waals surface area contributed by atoms with Crippen molar-refractivity contribution in [3.63, 3.8) is 0 Å². The molecule has 5 rings (SSSR count). The summed E-state index contributed by atoms with van der Waals surface area (Å²) >= 11 is 0. The van der Waals surface area contributed by atoms with E-state index in [-0.39, 0.29) is 36.7 Å². The highest BCUT2D eigenvalue weighted by atomic mass is 19.3. The van der Waals surface area contributed by atoms with Crippen LogP contribution in [0.5, 0.6) is 11.6 Å². The highest BCUT2D eigenvalue weighted by Gasteiger charge is 2.55. The van der Waals surface area contributed by atoms with Crippen molar-refractivity contribution in [2.45, 2.75) is 77.2 Å². The zero-order valence-corrected chi connectivity index (χ0v) is 25.2. The van der Waals surface area contributed by atoms with Gasteiger partial charge in [0, 0.05) is 24.3 Å². The summed E-state index contributed by atoms with van der Waals surface area (Å²) in [5.74, 6) is -4.71. The summed E-state index contributed by atoms with van der Waals surface area (Å²) in [5, 5.41) is 2.71. The molecule has 11 nitrogen and oxygen atoms in total. The van der Waals surface area contributed by atoms with E-state index in [1.807, 2.05) is 0 Å². The van der Waals surface area contributed by atoms with Gasteiger partial charge in [-0.05, 0) is 30.9 Å². The normalized spacial score (nSPS) is 31.4. The van der Waals surface area contributed by atoms with E-state index in [4.69, 9.17) is 18.9 Å². The number of carbonyl (C=O) groups is 3. The fourth-order valence-corrected chi connectivity index (χ4v) is 5.68. The second-order valence-corrected chi connectivity index (χ2v) is 12.9. The molecule has 2 aromatic rings. The van der Waals surface area contributed by atoms with Gasteiger partial charge >= 0.3 is 6.09 Å². The molecular formula is C30H38F2N4O7. The maximum Gasteiger partial charge on any atom is 0.408 e. The Morgan fingerprint density at radius 1 is 1.19 bits per heavy atom. The predicted molar refractivity (Wildman–Crippen MR) is 150 cm³/mol. The number of benzene rings is 1. The van der Waals surface area contributed by atoms with Gasteiger partial charge in [0.1, 0.15) is 29.8 Å². The Morgan fingerprint density at radius 3 is 2.60 bits per heavy atom. The molecule has 2 bridgehead atoms. The summed E-state index contributed by atoms with van der Waals surface area (Å²) in [4.78, 5) is 49.2. The van der Waals surface area contributed by atoms with Gasteiger partial charge in [0.05, 0.1) is 43.9 Å². The number of hydrogen-bond acceptors (Lipinski definition) is 9. The van der Waals surface area contributed by atoms with Crippen molar-refractivity contribution < 1.29 is 42.1 Å². The minimum Gasteiger partial charge on any atom is -0.497 e. The molecule has 3 aliphatic rings. The van der Waals surface area contributed by atoms with Crippen LogP contribution in [0, 0.1) is 17.3 Å². The van der Waals surface area contributed by atoms with Crippen LogP contribution < -0.4 is 14.8 Å². The van der Waals surface area contributed by atoms with Crippen molar-refractivity contribution in [2.24, 2.45) is 17.3 Å². The number of ether oxygens (including phenoxy) is 4. The molecule has 43 heavy (non-hydrogen) atoms. The smallest absolute Gasteiger partial charge is 0.408 e.